The van der Waals surface area contributed by atoms with Crippen LogP contribution in [-0.2, 0) is 9.59 Å². The first-order valence-electron chi connectivity index (χ1n) is 6.50. The average Bonchev–Trinajstić information content (AvgIpc) is 3.15. The zero-order chi connectivity index (χ0) is 13.4. The van der Waals surface area contributed by atoms with E-state index in [9.17, 15) is 14.0 Å². The largest absolute Gasteiger partial charge is 0.355 e. The predicted molar refractivity (Wildman–Crippen MR) is 67.7 cm³/mol. The summed E-state index contributed by atoms with van der Waals surface area (Å²) in [6.45, 7) is 0.554. The van der Waals surface area contributed by atoms with Gasteiger partial charge in [0.2, 0.25) is 11.8 Å². The number of hydrogen-bond acceptors (Lipinski definition) is 2. The standard InChI is InChI=1S/C14H15FN2O2/c15-10-3-1-2-4-11(10)17-14(19)12-9(8-5-6-8)7-16-13(12)18/h1-4,8-9,12H,5-7H2,(H,16,18)(H,17,19). The molecule has 4 nitrogen and oxygen atoms in total. The quantitative estimate of drug-likeness (QED) is 0.812. The summed E-state index contributed by atoms with van der Waals surface area (Å²) in [6.07, 6.45) is 2.15. The molecule has 2 N–H and O–H groups in total. The second kappa shape index (κ2) is 4.64. The minimum Gasteiger partial charge on any atom is -0.355 e. The third kappa shape index (κ3) is 2.32. The Labute approximate surface area is 110 Å². The normalized spacial score (nSPS) is 26.1. The van der Waals surface area contributed by atoms with Gasteiger partial charge in [-0.25, -0.2) is 4.39 Å². The Bertz CT molecular complexity index is 528. The summed E-state index contributed by atoms with van der Waals surface area (Å²) < 4.78 is 13.5. The second-order valence-corrected chi connectivity index (χ2v) is 5.19. The van der Waals surface area contributed by atoms with Crippen LogP contribution in [0, 0.1) is 23.6 Å². The number of carbonyl (C=O) groups is 2. The average molecular weight is 262 g/mol. The van der Waals surface area contributed by atoms with Gasteiger partial charge in [0, 0.05) is 6.54 Å². The van der Waals surface area contributed by atoms with Crippen molar-refractivity contribution in [1.82, 2.24) is 5.32 Å². The van der Waals surface area contributed by atoms with Gasteiger partial charge < -0.3 is 10.6 Å². The summed E-state index contributed by atoms with van der Waals surface area (Å²) >= 11 is 0. The van der Waals surface area contributed by atoms with Crippen LogP contribution >= 0.6 is 0 Å². The molecule has 1 heterocycles. The summed E-state index contributed by atoms with van der Waals surface area (Å²) in [7, 11) is 0. The maximum absolute atomic E-state index is 13.5. The van der Waals surface area contributed by atoms with Crippen molar-refractivity contribution in [2.45, 2.75) is 12.8 Å². The van der Waals surface area contributed by atoms with Crippen molar-refractivity contribution < 1.29 is 14.0 Å². The number of nitrogens with one attached hydrogen (secondary N) is 2. The topological polar surface area (TPSA) is 58.2 Å². The maximum atomic E-state index is 13.5. The minimum atomic E-state index is -0.688. The molecule has 1 saturated heterocycles. The highest BCUT2D eigenvalue weighted by Crippen LogP contribution is 2.42. The Morgan fingerprint density at radius 1 is 1.32 bits per heavy atom. The molecule has 2 amide bonds. The Hall–Kier alpha value is -1.91. The first-order valence-corrected chi connectivity index (χ1v) is 6.50. The zero-order valence-corrected chi connectivity index (χ0v) is 10.4. The van der Waals surface area contributed by atoms with Crippen LogP contribution in [0.1, 0.15) is 12.8 Å². The van der Waals surface area contributed by atoms with Crippen molar-refractivity contribution >= 4 is 17.5 Å². The van der Waals surface area contributed by atoms with Gasteiger partial charge in [-0.3, -0.25) is 9.59 Å². The second-order valence-electron chi connectivity index (χ2n) is 5.19. The molecule has 2 atom stereocenters. The van der Waals surface area contributed by atoms with Crippen LogP contribution in [0.25, 0.3) is 0 Å². The van der Waals surface area contributed by atoms with E-state index in [1.807, 2.05) is 0 Å². The number of anilines is 1. The van der Waals surface area contributed by atoms with Crippen molar-refractivity contribution in [2.75, 3.05) is 11.9 Å². The van der Waals surface area contributed by atoms with E-state index in [4.69, 9.17) is 0 Å². The summed E-state index contributed by atoms with van der Waals surface area (Å²) in [4.78, 5) is 23.9. The summed E-state index contributed by atoms with van der Waals surface area (Å²) in [6, 6.07) is 5.97. The zero-order valence-electron chi connectivity index (χ0n) is 10.4. The van der Waals surface area contributed by atoms with E-state index in [1.165, 1.54) is 12.1 Å². The smallest absolute Gasteiger partial charge is 0.237 e. The van der Waals surface area contributed by atoms with E-state index in [2.05, 4.69) is 10.6 Å². The molecule has 1 saturated carbocycles. The predicted octanol–water partition coefficient (Wildman–Crippen LogP) is 1.54. The number of benzene rings is 1. The van der Waals surface area contributed by atoms with Crippen molar-refractivity contribution in [3.8, 4) is 0 Å². The molecule has 0 spiro atoms. The van der Waals surface area contributed by atoms with Crippen molar-refractivity contribution in [3.63, 3.8) is 0 Å². The highest BCUT2D eigenvalue weighted by Gasteiger charge is 2.47. The molecule has 0 radical (unpaired) electrons. The SMILES string of the molecule is O=C1NCC(C2CC2)C1C(=O)Nc1ccccc1F. The van der Waals surface area contributed by atoms with Crippen LogP contribution in [0.2, 0.25) is 0 Å². The number of hydrogen-bond donors (Lipinski definition) is 2. The van der Waals surface area contributed by atoms with E-state index in [1.54, 1.807) is 12.1 Å². The van der Waals surface area contributed by atoms with Crippen LogP contribution in [0.3, 0.4) is 0 Å². The lowest BCUT2D eigenvalue weighted by Gasteiger charge is -2.16. The van der Waals surface area contributed by atoms with Gasteiger partial charge in [-0.2, -0.15) is 0 Å². The van der Waals surface area contributed by atoms with Crippen molar-refractivity contribution in [1.29, 1.82) is 0 Å². The molecule has 2 fully saturated rings. The first kappa shape index (κ1) is 12.1. The van der Waals surface area contributed by atoms with Crippen LogP contribution in [0.4, 0.5) is 10.1 Å². The summed E-state index contributed by atoms with van der Waals surface area (Å²) in [5, 5.41) is 5.25. The lowest BCUT2D eigenvalue weighted by atomic mass is 9.90. The molecule has 1 aromatic carbocycles. The van der Waals surface area contributed by atoms with Gasteiger partial charge in [-0.15, -0.1) is 0 Å². The molecule has 3 rings (SSSR count). The third-order valence-electron chi connectivity index (χ3n) is 3.86. The first-order chi connectivity index (χ1) is 9.16. The van der Waals surface area contributed by atoms with E-state index in [-0.39, 0.29) is 17.5 Å². The fourth-order valence-electron chi connectivity index (χ4n) is 2.69. The molecule has 0 bridgehead atoms. The van der Waals surface area contributed by atoms with Crippen LogP contribution in [0.5, 0.6) is 0 Å². The lowest BCUT2D eigenvalue weighted by Crippen LogP contribution is -2.33. The Kier molecular flexibility index (Phi) is 2.97. The van der Waals surface area contributed by atoms with Gasteiger partial charge in [-0.05, 0) is 36.8 Å². The monoisotopic (exact) mass is 262 g/mol. The Morgan fingerprint density at radius 2 is 2.05 bits per heavy atom. The van der Waals surface area contributed by atoms with Gasteiger partial charge in [0.05, 0.1) is 5.69 Å². The van der Waals surface area contributed by atoms with Crippen LogP contribution in [-0.4, -0.2) is 18.4 Å². The number of amides is 2. The van der Waals surface area contributed by atoms with Crippen molar-refractivity contribution in [3.05, 3.63) is 30.1 Å². The van der Waals surface area contributed by atoms with E-state index in [0.717, 1.165) is 12.8 Å². The van der Waals surface area contributed by atoms with Gasteiger partial charge >= 0.3 is 0 Å². The van der Waals surface area contributed by atoms with Crippen LogP contribution < -0.4 is 10.6 Å². The highest BCUT2D eigenvalue weighted by atomic mass is 19.1. The van der Waals surface area contributed by atoms with Crippen molar-refractivity contribution in [2.24, 2.45) is 17.8 Å². The molecule has 1 aliphatic carbocycles. The van der Waals surface area contributed by atoms with E-state index >= 15 is 0 Å². The van der Waals surface area contributed by atoms with Gasteiger partial charge in [-0.1, -0.05) is 12.1 Å². The molecule has 19 heavy (non-hydrogen) atoms. The third-order valence-corrected chi connectivity index (χ3v) is 3.86. The molecule has 5 heteroatoms. The fourth-order valence-corrected chi connectivity index (χ4v) is 2.69. The summed E-state index contributed by atoms with van der Waals surface area (Å²) in [5.41, 5.74) is 0.127. The van der Waals surface area contributed by atoms with Crippen LogP contribution in [0.15, 0.2) is 24.3 Å². The number of para-hydroxylation sites is 1. The molecule has 1 aliphatic heterocycles. The Morgan fingerprint density at radius 3 is 2.74 bits per heavy atom. The van der Waals surface area contributed by atoms with Gasteiger partial charge in [0.25, 0.3) is 0 Å². The maximum Gasteiger partial charge on any atom is 0.237 e. The number of carbonyl (C=O) groups excluding carboxylic acids is 2. The van der Waals surface area contributed by atoms with E-state index < -0.39 is 17.6 Å². The number of halogens is 1. The molecular formula is C14H15FN2O2. The molecule has 0 aromatic heterocycles. The minimum absolute atomic E-state index is 0.0549. The molecule has 2 aliphatic rings. The van der Waals surface area contributed by atoms with Gasteiger partial charge in [0.15, 0.2) is 0 Å². The molecule has 1 aromatic rings. The molecule has 100 valence electrons. The molecule has 2 unspecified atom stereocenters. The van der Waals surface area contributed by atoms with E-state index in [0.29, 0.717) is 12.5 Å². The molecular weight excluding hydrogens is 247 g/mol. The lowest BCUT2D eigenvalue weighted by molar-refractivity contribution is -0.131. The summed E-state index contributed by atoms with van der Waals surface area (Å²) in [5.74, 6) is -1.32. The fraction of sp³-hybridized carbons (Fsp3) is 0.429. The Balaban J connectivity index is 1.75. The number of rotatable bonds is 3. The highest BCUT2D eigenvalue weighted by molar-refractivity contribution is 6.07. The van der Waals surface area contributed by atoms with Gasteiger partial charge in [0.1, 0.15) is 11.7 Å².